The summed E-state index contributed by atoms with van der Waals surface area (Å²) in [5.74, 6) is 0. The van der Waals surface area contributed by atoms with E-state index in [0.29, 0.717) is 0 Å². The predicted octanol–water partition coefficient (Wildman–Crippen LogP) is 6.93. The molecule has 1 unspecified atom stereocenters. The quantitative estimate of drug-likeness (QED) is 0.142. The Morgan fingerprint density at radius 3 is 1.80 bits per heavy atom. The number of pyridine rings is 4. The molecule has 0 bridgehead atoms. The van der Waals surface area contributed by atoms with Gasteiger partial charge >= 0.3 is 5.66 Å². The Morgan fingerprint density at radius 2 is 1.14 bits per heavy atom. The zero-order valence-electron chi connectivity index (χ0n) is 23.6. The molecule has 0 aliphatic carbocycles. The van der Waals surface area contributed by atoms with Gasteiger partial charge in [0, 0.05) is 62.3 Å². The molecular weight excluding hydrogens is 717 g/mol. The molecule has 0 amide bonds. The van der Waals surface area contributed by atoms with Crippen molar-refractivity contribution in [3.8, 4) is 45.0 Å². The van der Waals surface area contributed by atoms with Crippen LogP contribution in [0, 0.1) is 12.1 Å². The molecule has 2 aliphatic heterocycles. The molecule has 1 atom stereocenters. The first-order chi connectivity index (χ1) is 21.4. The van der Waals surface area contributed by atoms with Crippen LogP contribution in [0.25, 0.3) is 45.0 Å². The van der Waals surface area contributed by atoms with E-state index in [1.165, 1.54) is 33.6 Å². The third-order valence-electron chi connectivity index (χ3n) is 8.19. The molecule has 4 aromatic heterocycles. The SMILES string of the molecule is [Ir].[c-]1cc2c(cc1-c1ccccn1)C1(c3ccccc3-c3cccc[n+]31)[n+]1ccccc1-2.[c-]1ccccc1-c1ccccn1. The first-order valence-corrected chi connectivity index (χ1v) is 14.3. The van der Waals surface area contributed by atoms with Crippen LogP contribution in [0.4, 0.5) is 0 Å². The maximum atomic E-state index is 4.58. The minimum atomic E-state index is -0.474. The van der Waals surface area contributed by atoms with Gasteiger partial charge in [0.05, 0.1) is 5.56 Å². The molecule has 4 nitrogen and oxygen atoms in total. The molecule has 3 aromatic carbocycles. The van der Waals surface area contributed by atoms with Crippen molar-refractivity contribution in [1.29, 1.82) is 0 Å². The molecule has 211 valence electrons. The molecule has 1 spiro atoms. The molecule has 2 aliphatic rings. The van der Waals surface area contributed by atoms with Gasteiger partial charge in [-0.2, -0.15) is 0 Å². The van der Waals surface area contributed by atoms with Crippen LogP contribution in [0.1, 0.15) is 11.1 Å². The molecule has 0 N–H and O–H groups in total. The van der Waals surface area contributed by atoms with E-state index in [1.54, 1.807) is 6.20 Å². The van der Waals surface area contributed by atoms with E-state index in [-0.39, 0.29) is 20.1 Å². The zero-order valence-corrected chi connectivity index (χ0v) is 26.0. The van der Waals surface area contributed by atoms with E-state index < -0.39 is 5.66 Å². The average Bonchev–Trinajstić information content (AvgIpc) is 3.57. The smallest absolute Gasteiger partial charge is 0.305 e. The summed E-state index contributed by atoms with van der Waals surface area (Å²) in [5.41, 5.74) is 10.9. The monoisotopic (exact) mass is 743 g/mol. The second kappa shape index (κ2) is 11.5. The predicted molar refractivity (Wildman–Crippen MR) is 166 cm³/mol. The minimum absolute atomic E-state index is 0. The fraction of sp³-hybridized carbons (Fsp3) is 0.0256. The van der Waals surface area contributed by atoms with E-state index in [2.05, 4.69) is 116 Å². The summed E-state index contributed by atoms with van der Waals surface area (Å²) in [6.07, 6.45) is 8.02. The van der Waals surface area contributed by atoms with Crippen LogP contribution in [0.15, 0.2) is 158 Å². The van der Waals surface area contributed by atoms with Crippen LogP contribution in [-0.2, 0) is 25.8 Å². The van der Waals surface area contributed by atoms with E-state index in [9.17, 15) is 0 Å². The maximum Gasteiger partial charge on any atom is 0.400 e. The molecule has 6 heterocycles. The molecule has 7 aromatic rings. The van der Waals surface area contributed by atoms with Crippen molar-refractivity contribution < 1.29 is 29.2 Å². The summed E-state index contributed by atoms with van der Waals surface area (Å²) in [7, 11) is 0. The number of hydrogen-bond donors (Lipinski definition) is 0. The van der Waals surface area contributed by atoms with Crippen molar-refractivity contribution in [2.45, 2.75) is 5.66 Å². The van der Waals surface area contributed by atoms with E-state index in [4.69, 9.17) is 0 Å². The summed E-state index contributed by atoms with van der Waals surface area (Å²) >= 11 is 0. The van der Waals surface area contributed by atoms with Crippen LogP contribution < -0.4 is 9.13 Å². The topological polar surface area (TPSA) is 33.5 Å². The standard InChI is InChI=1S/C28H18N3.C11H8N.Ir/c1-2-10-23-21(9-1)26-12-4-7-17-30(26)28(23)24-19-20(25-11-3-6-16-29-25)14-15-22(24)27-13-5-8-18-31(27)28;1-2-6-10(7-3-1)11-8-4-5-9-12-11;/h1-13,15-19H;1-6,8-9H;/q+1;-1;. The summed E-state index contributed by atoms with van der Waals surface area (Å²) in [5, 5.41) is 0. The van der Waals surface area contributed by atoms with E-state index in [1.807, 2.05) is 66.9 Å². The fourth-order valence-electron chi connectivity index (χ4n) is 6.42. The largest absolute Gasteiger partial charge is 0.400 e. The summed E-state index contributed by atoms with van der Waals surface area (Å²) < 4.78 is 4.82. The Kier molecular flexibility index (Phi) is 7.27. The van der Waals surface area contributed by atoms with E-state index in [0.717, 1.165) is 22.5 Å². The Morgan fingerprint density at radius 1 is 0.523 bits per heavy atom. The van der Waals surface area contributed by atoms with Crippen molar-refractivity contribution in [3.63, 3.8) is 0 Å². The average molecular weight is 743 g/mol. The number of aromatic nitrogens is 4. The maximum absolute atomic E-state index is 4.58. The second-order valence-electron chi connectivity index (χ2n) is 10.5. The van der Waals surface area contributed by atoms with E-state index >= 15 is 0 Å². The molecule has 9 rings (SSSR count). The van der Waals surface area contributed by atoms with Gasteiger partial charge in [0.2, 0.25) is 5.69 Å². The molecular formula is C39H26IrN4. The number of rotatable bonds is 2. The Labute approximate surface area is 270 Å². The van der Waals surface area contributed by atoms with Crippen LogP contribution in [0.3, 0.4) is 0 Å². The van der Waals surface area contributed by atoms with Crippen LogP contribution in [0.5, 0.6) is 0 Å². The Bertz CT molecular complexity index is 1980. The molecule has 44 heavy (non-hydrogen) atoms. The third kappa shape index (κ3) is 4.32. The third-order valence-corrected chi connectivity index (χ3v) is 8.19. The molecule has 5 heteroatoms. The van der Waals surface area contributed by atoms with Crippen LogP contribution >= 0.6 is 0 Å². The van der Waals surface area contributed by atoms with Gasteiger partial charge in [0.15, 0.2) is 18.1 Å². The van der Waals surface area contributed by atoms with Gasteiger partial charge < -0.3 is 9.97 Å². The van der Waals surface area contributed by atoms with Crippen molar-refractivity contribution in [3.05, 3.63) is 182 Å². The number of hydrogen-bond acceptors (Lipinski definition) is 2. The first kappa shape index (κ1) is 27.7. The van der Waals surface area contributed by atoms with Crippen molar-refractivity contribution in [2.24, 2.45) is 0 Å². The van der Waals surface area contributed by atoms with Crippen LogP contribution in [0.2, 0.25) is 0 Å². The normalized spacial score (nSPS) is 14.7. The van der Waals surface area contributed by atoms with Crippen molar-refractivity contribution in [1.82, 2.24) is 9.97 Å². The molecule has 0 saturated heterocycles. The molecule has 1 radical (unpaired) electrons. The summed E-state index contributed by atoms with van der Waals surface area (Å²) in [6.45, 7) is 0. The molecule has 0 saturated carbocycles. The summed E-state index contributed by atoms with van der Waals surface area (Å²) in [4.78, 5) is 8.80. The van der Waals surface area contributed by atoms with Gasteiger partial charge in [-0.15, -0.1) is 68.8 Å². The summed E-state index contributed by atoms with van der Waals surface area (Å²) in [6, 6.07) is 52.4. The first-order valence-electron chi connectivity index (χ1n) is 14.3. The zero-order chi connectivity index (χ0) is 28.6. The van der Waals surface area contributed by atoms with Gasteiger partial charge in [-0.05, 0) is 47.3 Å². The van der Waals surface area contributed by atoms with Crippen molar-refractivity contribution in [2.75, 3.05) is 0 Å². The van der Waals surface area contributed by atoms with Gasteiger partial charge in [0.1, 0.15) is 5.56 Å². The minimum Gasteiger partial charge on any atom is -0.305 e. The fourth-order valence-corrected chi connectivity index (χ4v) is 6.42. The number of nitrogens with zero attached hydrogens (tertiary/aromatic N) is 4. The van der Waals surface area contributed by atoms with Gasteiger partial charge in [-0.1, -0.05) is 42.5 Å². The van der Waals surface area contributed by atoms with Crippen molar-refractivity contribution >= 4 is 0 Å². The van der Waals surface area contributed by atoms with Crippen LogP contribution in [-0.4, -0.2) is 9.97 Å². The molecule has 0 fully saturated rings. The Hall–Kier alpha value is -5.09. The second-order valence-corrected chi connectivity index (χ2v) is 10.5. The number of benzene rings is 3. The van der Waals surface area contributed by atoms with Gasteiger partial charge in [-0.3, -0.25) is 0 Å². The number of fused-ring (bicyclic) bond motifs is 10. The van der Waals surface area contributed by atoms with Gasteiger partial charge in [-0.25, -0.2) is 0 Å². The Balaban J connectivity index is 0.000000203. The van der Waals surface area contributed by atoms with Gasteiger partial charge in [0.25, 0.3) is 0 Å².